The average Bonchev–Trinajstić information content (AvgIpc) is 3.52. The molecule has 7 aliphatic rings. The number of ether oxygens (including phenoxy) is 2. The molecule has 5 nitrogen and oxygen atoms in total. The van der Waals surface area contributed by atoms with Crippen LogP contribution in [0.25, 0.3) is 0 Å². The predicted molar refractivity (Wildman–Crippen MR) is 133 cm³/mol. The minimum absolute atomic E-state index is 0.0416. The lowest BCUT2D eigenvalue weighted by atomic mass is 9.40. The highest BCUT2D eigenvalue weighted by molar-refractivity contribution is 5.66. The van der Waals surface area contributed by atoms with Crippen LogP contribution in [-0.2, 0) is 24.0 Å². The molecule has 3 saturated heterocycles. The molecule has 0 radical (unpaired) electrons. The summed E-state index contributed by atoms with van der Waals surface area (Å²) in [4.78, 5) is 24.8. The van der Waals surface area contributed by atoms with Crippen LogP contribution in [0.15, 0.2) is 0 Å². The number of esters is 1. The molecule has 3 aliphatic heterocycles. The number of fused-ring (bicyclic) bond motifs is 3. The summed E-state index contributed by atoms with van der Waals surface area (Å²) in [6.07, 6.45) is 10.8. The normalized spacial score (nSPS) is 53.9. The van der Waals surface area contributed by atoms with Crippen LogP contribution in [0.4, 0.5) is 0 Å². The minimum atomic E-state index is -0.307. The third-order valence-corrected chi connectivity index (χ3v) is 12.8. The summed E-state index contributed by atoms with van der Waals surface area (Å²) in [6.45, 7) is 16.1. The Morgan fingerprint density at radius 3 is 2.31 bits per heavy atom. The topological polar surface area (TPSA) is 57.3 Å². The first-order chi connectivity index (χ1) is 16.5. The van der Waals surface area contributed by atoms with E-state index in [2.05, 4.69) is 41.5 Å². The fraction of sp³-hybridized carbons (Fsp3) is 0.967. The Morgan fingerprint density at radius 2 is 1.66 bits per heavy atom. The molecule has 4 aliphatic carbocycles. The van der Waals surface area contributed by atoms with Gasteiger partial charge in [-0.05, 0) is 92.3 Å². The molecule has 7 fully saturated rings. The first-order valence-corrected chi connectivity index (χ1v) is 14.7. The Kier molecular flexibility index (Phi) is 5.59. The van der Waals surface area contributed by atoms with E-state index in [4.69, 9.17) is 19.2 Å². The summed E-state index contributed by atoms with van der Waals surface area (Å²) in [6, 6.07) is 0. The van der Waals surface area contributed by atoms with E-state index >= 15 is 0 Å². The van der Waals surface area contributed by atoms with E-state index in [1.165, 1.54) is 32.6 Å². The second kappa shape index (κ2) is 7.93. The molecule has 3 heterocycles. The van der Waals surface area contributed by atoms with Gasteiger partial charge in [-0.25, -0.2) is 9.78 Å². The smallest absolute Gasteiger partial charge is 0.302 e. The van der Waals surface area contributed by atoms with Crippen LogP contribution in [0.1, 0.15) is 106 Å². The third-order valence-electron chi connectivity index (χ3n) is 12.8. The molecule has 2 bridgehead atoms. The molecule has 0 aromatic heterocycles. The van der Waals surface area contributed by atoms with Crippen molar-refractivity contribution < 1.29 is 24.0 Å². The highest BCUT2D eigenvalue weighted by Crippen LogP contribution is 2.75. The van der Waals surface area contributed by atoms with E-state index < -0.39 is 0 Å². The van der Waals surface area contributed by atoms with Gasteiger partial charge in [-0.3, -0.25) is 4.79 Å². The van der Waals surface area contributed by atoms with Crippen molar-refractivity contribution in [1.82, 2.24) is 0 Å². The van der Waals surface area contributed by atoms with Gasteiger partial charge in [-0.2, -0.15) is 0 Å². The van der Waals surface area contributed by atoms with Crippen LogP contribution in [0.5, 0.6) is 0 Å². The number of hydrogen-bond donors (Lipinski definition) is 0. The van der Waals surface area contributed by atoms with Crippen molar-refractivity contribution in [2.45, 2.75) is 136 Å². The largest absolute Gasteiger partial charge is 0.462 e. The monoisotopic (exact) mass is 488 g/mol. The summed E-state index contributed by atoms with van der Waals surface area (Å²) in [7, 11) is 0. The molecule has 198 valence electrons. The lowest BCUT2D eigenvalue weighted by Crippen LogP contribution is -2.75. The van der Waals surface area contributed by atoms with Gasteiger partial charge in [0.05, 0.1) is 12.2 Å². The van der Waals surface area contributed by atoms with Gasteiger partial charge in [-0.1, -0.05) is 41.5 Å². The molecular weight excluding hydrogens is 440 g/mol. The second-order valence-corrected chi connectivity index (χ2v) is 14.4. The van der Waals surface area contributed by atoms with Crippen molar-refractivity contribution in [3.05, 3.63) is 0 Å². The SMILES string of the molecule is CC(=O)OC1CCC2(C)C3CCC4(C)C([C@H](C)C5OC5[C@H](C)C(C)C)CCC4[C@@]34CC[C@]2(C1)OO4. The van der Waals surface area contributed by atoms with Crippen LogP contribution < -0.4 is 0 Å². The summed E-state index contributed by atoms with van der Waals surface area (Å²) < 4.78 is 12.0. The van der Waals surface area contributed by atoms with Gasteiger partial charge in [0.1, 0.15) is 17.3 Å². The Balaban J connectivity index is 1.24. The molecule has 35 heavy (non-hydrogen) atoms. The van der Waals surface area contributed by atoms with Crippen molar-refractivity contribution in [2.75, 3.05) is 0 Å². The van der Waals surface area contributed by atoms with Crippen LogP contribution >= 0.6 is 0 Å². The molecule has 7 rings (SSSR count). The Morgan fingerprint density at radius 1 is 0.886 bits per heavy atom. The molecule has 0 N–H and O–H groups in total. The highest BCUT2D eigenvalue weighted by Gasteiger charge is 2.76. The minimum Gasteiger partial charge on any atom is -0.462 e. The maximum atomic E-state index is 11.7. The Bertz CT molecular complexity index is 861. The second-order valence-electron chi connectivity index (χ2n) is 14.4. The number of hydrogen-bond acceptors (Lipinski definition) is 5. The zero-order valence-corrected chi connectivity index (χ0v) is 23.1. The van der Waals surface area contributed by atoms with Crippen LogP contribution in [0, 0.1) is 46.3 Å². The van der Waals surface area contributed by atoms with Crippen molar-refractivity contribution in [1.29, 1.82) is 0 Å². The molecule has 0 aromatic rings. The summed E-state index contributed by atoms with van der Waals surface area (Å²) in [5.41, 5.74) is -0.0672. The standard InChI is InChI=1S/C30H48O5/c1-17(2)18(3)25-26(33-25)19(4)22-8-9-23-27(22,6)12-11-24-28(7)13-10-21(32-20(5)31)16-29(28)14-15-30(23,24)35-34-29/h17-19,21-26H,8-16H2,1-7H3/t18-,19+,21?,22?,23?,24?,25?,26?,27?,28?,29-,30+/m1/s1. The summed E-state index contributed by atoms with van der Waals surface area (Å²) in [5, 5.41) is 0. The Labute approximate surface area is 212 Å². The first kappa shape index (κ1) is 24.7. The van der Waals surface area contributed by atoms with Crippen LogP contribution in [-0.4, -0.2) is 35.5 Å². The molecule has 4 saturated carbocycles. The third kappa shape index (κ3) is 3.25. The van der Waals surface area contributed by atoms with Gasteiger partial charge < -0.3 is 9.47 Å². The van der Waals surface area contributed by atoms with Crippen LogP contribution in [0.2, 0.25) is 0 Å². The van der Waals surface area contributed by atoms with E-state index in [0.29, 0.717) is 53.1 Å². The number of epoxide rings is 1. The van der Waals surface area contributed by atoms with Crippen LogP contribution in [0.3, 0.4) is 0 Å². The lowest BCUT2D eigenvalue weighted by Gasteiger charge is -2.72. The van der Waals surface area contributed by atoms with Gasteiger partial charge in [0.25, 0.3) is 0 Å². The predicted octanol–water partition coefficient (Wildman–Crippen LogP) is 6.48. The first-order valence-electron chi connectivity index (χ1n) is 14.7. The molecule has 5 heteroatoms. The van der Waals surface area contributed by atoms with Crippen molar-refractivity contribution in [3.63, 3.8) is 0 Å². The number of rotatable bonds is 5. The van der Waals surface area contributed by atoms with E-state index in [-0.39, 0.29) is 28.7 Å². The highest BCUT2D eigenvalue weighted by atomic mass is 17.2. The van der Waals surface area contributed by atoms with Gasteiger partial charge in [-0.15, -0.1) is 0 Å². The maximum Gasteiger partial charge on any atom is 0.302 e. The molecule has 12 atom stereocenters. The molecule has 0 aromatic carbocycles. The number of carbonyl (C=O) groups is 1. The molecule has 8 unspecified atom stereocenters. The fourth-order valence-electron chi connectivity index (χ4n) is 10.5. The quantitative estimate of drug-likeness (QED) is 0.252. The van der Waals surface area contributed by atoms with E-state index in [1.54, 1.807) is 0 Å². The lowest BCUT2D eigenvalue weighted by molar-refractivity contribution is -0.536. The van der Waals surface area contributed by atoms with Gasteiger partial charge in [0.2, 0.25) is 0 Å². The average molecular weight is 489 g/mol. The van der Waals surface area contributed by atoms with Gasteiger partial charge in [0, 0.05) is 18.8 Å². The van der Waals surface area contributed by atoms with Gasteiger partial charge >= 0.3 is 5.97 Å². The van der Waals surface area contributed by atoms with Crippen molar-refractivity contribution in [2.24, 2.45) is 46.3 Å². The zero-order chi connectivity index (χ0) is 25.0. The number of carbonyl (C=O) groups excluding carboxylic acids is 1. The molecular formula is C30H48O5. The molecule has 2 spiro atoms. The summed E-state index contributed by atoms with van der Waals surface area (Å²) >= 11 is 0. The van der Waals surface area contributed by atoms with Gasteiger partial charge in [0.15, 0.2) is 0 Å². The molecule has 0 amide bonds. The fourth-order valence-corrected chi connectivity index (χ4v) is 10.5. The Hall–Kier alpha value is -0.650. The van der Waals surface area contributed by atoms with E-state index in [1.807, 2.05) is 0 Å². The summed E-state index contributed by atoms with van der Waals surface area (Å²) in [5.74, 6) is 3.51. The van der Waals surface area contributed by atoms with Crippen molar-refractivity contribution in [3.8, 4) is 0 Å². The zero-order valence-electron chi connectivity index (χ0n) is 23.1. The van der Waals surface area contributed by atoms with E-state index in [9.17, 15) is 4.79 Å². The van der Waals surface area contributed by atoms with E-state index in [0.717, 1.165) is 32.1 Å². The maximum absolute atomic E-state index is 11.7. The van der Waals surface area contributed by atoms with Crippen molar-refractivity contribution >= 4 is 5.97 Å².